The van der Waals surface area contributed by atoms with E-state index in [4.69, 9.17) is 9.47 Å². The number of benzene rings is 1. The van der Waals surface area contributed by atoms with Gasteiger partial charge in [0.05, 0.1) is 0 Å². The van der Waals surface area contributed by atoms with E-state index in [0.717, 1.165) is 23.8 Å². The number of nitrogens with one attached hydrogen (secondary N) is 1. The Bertz CT molecular complexity index is 457. The summed E-state index contributed by atoms with van der Waals surface area (Å²) in [5.74, 6) is 2.80. The van der Waals surface area contributed by atoms with Crippen LogP contribution in [0.25, 0.3) is 0 Å². The summed E-state index contributed by atoms with van der Waals surface area (Å²) in [5.41, 5.74) is 0.260. The van der Waals surface area contributed by atoms with Crippen LogP contribution in [0.15, 0.2) is 23.1 Å². The number of ether oxygens (including phenoxy) is 2. The Kier molecular flexibility index (Phi) is 5.82. The SMILES string of the molecule is CCCNC(CSc1ccc2c(c1)OCCO2)C(C)(C)C. The van der Waals surface area contributed by atoms with Gasteiger partial charge in [0.15, 0.2) is 11.5 Å². The molecule has 0 fully saturated rings. The summed E-state index contributed by atoms with van der Waals surface area (Å²) < 4.78 is 11.2. The number of hydrogen-bond acceptors (Lipinski definition) is 4. The quantitative estimate of drug-likeness (QED) is 0.806. The van der Waals surface area contributed by atoms with Crippen molar-refractivity contribution in [3.05, 3.63) is 18.2 Å². The molecule has 2 rings (SSSR count). The normalized spacial score (nSPS) is 15.8. The van der Waals surface area contributed by atoms with Gasteiger partial charge in [0, 0.05) is 16.7 Å². The van der Waals surface area contributed by atoms with E-state index in [9.17, 15) is 0 Å². The van der Waals surface area contributed by atoms with Crippen molar-refractivity contribution < 1.29 is 9.47 Å². The van der Waals surface area contributed by atoms with Crippen LogP contribution in [0.5, 0.6) is 11.5 Å². The molecule has 0 aromatic heterocycles. The van der Waals surface area contributed by atoms with Crippen LogP contribution in [0.4, 0.5) is 0 Å². The van der Waals surface area contributed by atoms with Gasteiger partial charge in [-0.05, 0) is 36.6 Å². The van der Waals surface area contributed by atoms with Gasteiger partial charge in [-0.15, -0.1) is 11.8 Å². The van der Waals surface area contributed by atoms with Gasteiger partial charge in [-0.3, -0.25) is 0 Å². The average Bonchev–Trinajstić information content (AvgIpc) is 2.45. The minimum atomic E-state index is 0.260. The van der Waals surface area contributed by atoms with Crippen LogP contribution in [-0.4, -0.2) is 31.6 Å². The molecule has 1 unspecified atom stereocenters. The molecule has 1 aromatic carbocycles. The number of rotatable bonds is 6. The summed E-state index contributed by atoms with van der Waals surface area (Å²) in [6, 6.07) is 6.73. The monoisotopic (exact) mass is 309 g/mol. The molecule has 1 N–H and O–H groups in total. The fourth-order valence-electron chi connectivity index (χ4n) is 2.23. The molecule has 3 nitrogen and oxygen atoms in total. The van der Waals surface area contributed by atoms with E-state index in [1.165, 1.54) is 11.3 Å². The van der Waals surface area contributed by atoms with Crippen molar-refractivity contribution in [2.24, 2.45) is 5.41 Å². The Morgan fingerprint density at radius 3 is 2.57 bits per heavy atom. The van der Waals surface area contributed by atoms with Gasteiger partial charge in [-0.25, -0.2) is 0 Å². The maximum Gasteiger partial charge on any atom is 0.162 e. The van der Waals surface area contributed by atoms with E-state index in [1.807, 2.05) is 17.8 Å². The van der Waals surface area contributed by atoms with Gasteiger partial charge >= 0.3 is 0 Å². The first-order valence-electron chi connectivity index (χ1n) is 7.76. The first-order chi connectivity index (χ1) is 10.0. The lowest BCUT2D eigenvalue weighted by molar-refractivity contribution is 0.171. The lowest BCUT2D eigenvalue weighted by Crippen LogP contribution is -2.42. The van der Waals surface area contributed by atoms with Gasteiger partial charge in [-0.2, -0.15) is 0 Å². The van der Waals surface area contributed by atoms with Crippen molar-refractivity contribution in [1.29, 1.82) is 0 Å². The van der Waals surface area contributed by atoms with E-state index in [2.05, 4.69) is 45.1 Å². The van der Waals surface area contributed by atoms with Crippen molar-refractivity contribution >= 4 is 11.8 Å². The molecule has 1 aliphatic heterocycles. The Morgan fingerprint density at radius 1 is 1.19 bits per heavy atom. The fraction of sp³-hybridized carbons (Fsp3) is 0.647. The molecular formula is C17H27NO2S. The van der Waals surface area contributed by atoms with Gasteiger partial charge in [-0.1, -0.05) is 27.7 Å². The predicted molar refractivity (Wildman–Crippen MR) is 89.7 cm³/mol. The van der Waals surface area contributed by atoms with Crippen molar-refractivity contribution in [3.63, 3.8) is 0 Å². The van der Waals surface area contributed by atoms with Gasteiger partial charge < -0.3 is 14.8 Å². The molecule has 0 amide bonds. The standard InChI is InChI=1S/C17H27NO2S/c1-5-8-18-16(17(2,3)4)12-21-13-6-7-14-15(11-13)20-10-9-19-14/h6-7,11,16,18H,5,8-10,12H2,1-4H3. The molecule has 21 heavy (non-hydrogen) atoms. The molecule has 0 saturated carbocycles. The van der Waals surface area contributed by atoms with E-state index in [0.29, 0.717) is 19.3 Å². The third-order valence-corrected chi connectivity index (χ3v) is 4.70. The van der Waals surface area contributed by atoms with Gasteiger partial charge in [0.2, 0.25) is 0 Å². The molecule has 1 aromatic rings. The number of thioether (sulfide) groups is 1. The molecule has 0 spiro atoms. The molecule has 0 radical (unpaired) electrons. The summed E-state index contributed by atoms with van der Waals surface area (Å²) in [4.78, 5) is 1.24. The molecule has 0 aliphatic carbocycles. The molecule has 1 aliphatic rings. The van der Waals surface area contributed by atoms with Crippen LogP contribution in [0.2, 0.25) is 0 Å². The summed E-state index contributed by atoms with van der Waals surface area (Å²) in [6.07, 6.45) is 1.17. The highest BCUT2D eigenvalue weighted by Crippen LogP contribution is 2.35. The van der Waals surface area contributed by atoms with Crippen LogP contribution < -0.4 is 14.8 Å². The largest absolute Gasteiger partial charge is 0.486 e. The second kappa shape index (κ2) is 7.41. The van der Waals surface area contributed by atoms with Gasteiger partial charge in [0.1, 0.15) is 13.2 Å². The van der Waals surface area contributed by atoms with Gasteiger partial charge in [0.25, 0.3) is 0 Å². The zero-order chi connectivity index (χ0) is 15.3. The lowest BCUT2D eigenvalue weighted by Gasteiger charge is -2.31. The summed E-state index contributed by atoms with van der Waals surface area (Å²) >= 11 is 1.88. The average molecular weight is 309 g/mol. The molecule has 4 heteroatoms. The Labute approximate surface area is 132 Å². The molecule has 1 atom stereocenters. The summed E-state index contributed by atoms with van der Waals surface area (Å²) in [6.45, 7) is 11.5. The van der Waals surface area contributed by atoms with Crippen molar-refractivity contribution in [3.8, 4) is 11.5 Å². The first-order valence-corrected chi connectivity index (χ1v) is 8.75. The second-order valence-electron chi connectivity index (χ2n) is 6.49. The zero-order valence-electron chi connectivity index (χ0n) is 13.6. The maximum atomic E-state index is 5.65. The predicted octanol–water partition coefficient (Wildman–Crippen LogP) is 3.96. The highest BCUT2D eigenvalue weighted by Gasteiger charge is 2.24. The van der Waals surface area contributed by atoms with Crippen LogP contribution in [-0.2, 0) is 0 Å². The minimum Gasteiger partial charge on any atom is -0.486 e. The third-order valence-electron chi connectivity index (χ3n) is 3.62. The van der Waals surface area contributed by atoms with E-state index >= 15 is 0 Å². The molecule has 0 saturated heterocycles. The molecule has 0 bridgehead atoms. The van der Waals surface area contributed by atoms with Crippen molar-refractivity contribution in [2.75, 3.05) is 25.5 Å². The fourth-order valence-corrected chi connectivity index (χ4v) is 3.56. The molecular weight excluding hydrogens is 282 g/mol. The van der Waals surface area contributed by atoms with Crippen molar-refractivity contribution in [1.82, 2.24) is 5.32 Å². The minimum absolute atomic E-state index is 0.260. The van der Waals surface area contributed by atoms with Crippen LogP contribution in [0.1, 0.15) is 34.1 Å². The van der Waals surface area contributed by atoms with E-state index < -0.39 is 0 Å². The first kappa shape index (κ1) is 16.5. The third kappa shape index (κ3) is 4.82. The number of hydrogen-bond donors (Lipinski definition) is 1. The molecule has 1 heterocycles. The highest BCUT2D eigenvalue weighted by molar-refractivity contribution is 7.99. The summed E-state index contributed by atoms with van der Waals surface area (Å²) in [5, 5.41) is 3.67. The zero-order valence-corrected chi connectivity index (χ0v) is 14.4. The van der Waals surface area contributed by atoms with E-state index in [1.54, 1.807) is 0 Å². The maximum absolute atomic E-state index is 5.65. The smallest absolute Gasteiger partial charge is 0.162 e. The van der Waals surface area contributed by atoms with Crippen LogP contribution in [0, 0.1) is 5.41 Å². The van der Waals surface area contributed by atoms with Crippen LogP contribution in [0.3, 0.4) is 0 Å². The molecule has 118 valence electrons. The Hall–Kier alpha value is -0.870. The summed E-state index contributed by atoms with van der Waals surface area (Å²) in [7, 11) is 0. The van der Waals surface area contributed by atoms with Crippen LogP contribution >= 0.6 is 11.8 Å². The topological polar surface area (TPSA) is 30.5 Å². The lowest BCUT2D eigenvalue weighted by atomic mass is 9.88. The van der Waals surface area contributed by atoms with Crippen molar-refractivity contribution in [2.45, 2.75) is 45.1 Å². The number of fused-ring (bicyclic) bond motifs is 1. The van der Waals surface area contributed by atoms with E-state index in [-0.39, 0.29) is 5.41 Å². The Balaban J connectivity index is 1.97. The Morgan fingerprint density at radius 2 is 1.90 bits per heavy atom. The highest BCUT2D eigenvalue weighted by atomic mass is 32.2. The second-order valence-corrected chi connectivity index (χ2v) is 7.58.